The second-order valence-electron chi connectivity index (χ2n) is 3.57. The highest BCUT2D eigenvalue weighted by Crippen LogP contribution is 2.23. The summed E-state index contributed by atoms with van der Waals surface area (Å²) in [6, 6.07) is 6.51. The molecule has 0 bridgehead atoms. The average Bonchev–Trinajstić information content (AvgIpc) is 2.73. The maximum Gasteiger partial charge on any atom is 0.0327 e. The molecule has 0 fully saturated rings. The number of aromatic nitrogens is 1. The highest BCUT2D eigenvalue weighted by Gasteiger charge is 2.06. The maximum absolute atomic E-state index is 4.02. The van der Waals surface area contributed by atoms with E-state index in [1.165, 1.54) is 14.9 Å². The Kier molecular flexibility index (Phi) is 4.09. The molecular formula is C12H13BrN2S. The highest BCUT2D eigenvalue weighted by atomic mass is 79.9. The number of hydrogen-bond acceptors (Lipinski definition) is 3. The molecule has 0 aliphatic heterocycles. The molecular weight excluding hydrogens is 284 g/mol. The molecule has 2 aromatic heterocycles. The lowest BCUT2D eigenvalue weighted by Gasteiger charge is -2.13. The minimum atomic E-state index is 0.344. The van der Waals surface area contributed by atoms with Crippen LogP contribution in [-0.2, 0) is 6.54 Å². The van der Waals surface area contributed by atoms with E-state index in [9.17, 15) is 0 Å². The van der Waals surface area contributed by atoms with E-state index in [0.717, 1.165) is 6.54 Å². The third-order valence-corrected chi connectivity index (χ3v) is 4.39. The van der Waals surface area contributed by atoms with E-state index in [4.69, 9.17) is 0 Å². The number of hydrogen-bond donors (Lipinski definition) is 1. The van der Waals surface area contributed by atoms with Crippen molar-refractivity contribution in [3.63, 3.8) is 0 Å². The molecule has 4 heteroatoms. The van der Waals surface area contributed by atoms with Crippen molar-refractivity contribution in [1.82, 2.24) is 10.3 Å². The molecule has 1 N–H and O–H groups in total. The summed E-state index contributed by atoms with van der Waals surface area (Å²) in [5.41, 5.74) is 1.27. The molecule has 0 spiro atoms. The van der Waals surface area contributed by atoms with E-state index in [0.29, 0.717) is 6.04 Å². The first-order valence-corrected chi connectivity index (χ1v) is 6.80. The van der Waals surface area contributed by atoms with E-state index in [1.807, 2.05) is 24.5 Å². The van der Waals surface area contributed by atoms with E-state index >= 15 is 0 Å². The van der Waals surface area contributed by atoms with Crippen LogP contribution in [0.2, 0.25) is 0 Å². The molecule has 84 valence electrons. The number of pyridine rings is 1. The molecule has 2 nitrogen and oxygen atoms in total. The van der Waals surface area contributed by atoms with Crippen LogP contribution in [0.15, 0.2) is 40.4 Å². The maximum atomic E-state index is 4.02. The van der Waals surface area contributed by atoms with Gasteiger partial charge in [0.2, 0.25) is 0 Å². The van der Waals surface area contributed by atoms with E-state index in [1.54, 1.807) is 11.3 Å². The van der Waals surface area contributed by atoms with Gasteiger partial charge in [-0.2, -0.15) is 0 Å². The van der Waals surface area contributed by atoms with Crippen molar-refractivity contribution < 1.29 is 0 Å². The molecule has 0 saturated heterocycles. The fraction of sp³-hybridized carbons (Fsp3) is 0.250. The molecule has 0 radical (unpaired) electrons. The van der Waals surface area contributed by atoms with E-state index in [2.05, 4.69) is 44.6 Å². The van der Waals surface area contributed by atoms with Gasteiger partial charge in [-0.3, -0.25) is 4.98 Å². The predicted octanol–water partition coefficient (Wildman–Crippen LogP) is 3.76. The van der Waals surface area contributed by atoms with Gasteiger partial charge in [-0.25, -0.2) is 0 Å². The van der Waals surface area contributed by atoms with Crippen LogP contribution in [-0.4, -0.2) is 4.98 Å². The topological polar surface area (TPSA) is 24.9 Å². The third kappa shape index (κ3) is 2.90. The SMILES string of the molecule is C[C@H](NCc1sccc1Br)c1ccncc1. The Balaban J connectivity index is 1.94. The molecule has 0 aliphatic carbocycles. The summed E-state index contributed by atoms with van der Waals surface area (Å²) in [4.78, 5) is 5.35. The second kappa shape index (κ2) is 5.57. The van der Waals surface area contributed by atoms with Gasteiger partial charge in [0.05, 0.1) is 0 Å². The number of thiophene rings is 1. The van der Waals surface area contributed by atoms with Crippen LogP contribution in [0.5, 0.6) is 0 Å². The summed E-state index contributed by atoms with van der Waals surface area (Å²) in [6.45, 7) is 3.05. The minimum Gasteiger partial charge on any atom is -0.305 e. The van der Waals surface area contributed by atoms with Gasteiger partial charge in [-0.1, -0.05) is 0 Å². The van der Waals surface area contributed by atoms with Gasteiger partial charge in [0.1, 0.15) is 0 Å². The quantitative estimate of drug-likeness (QED) is 0.929. The van der Waals surface area contributed by atoms with Crippen molar-refractivity contribution in [3.05, 3.63) is 50.9 Å². The predicted molar refractivity (Wildman–Crippen MR) is 71.5 cm³/mol. The molecule has 0 unspecified atom stereocenters. The highest BCUT2D eigenvalue weighted by molar-refractivity contribution is 9.10. The van der Waals surface area contributed by atoms with Gasteiger partial charge in [0, 0.05) is 34.3 Å². The molecule has 0 aromatic carbocycles. The van der Waals surface area contributed by atoms with Gasteiger partial charge < -0.3 is 5.32 Å². The summed E-state index contributed by atoms with van der Waals surface area (Å²) < 4.78 is 1.19. The van der Waals surface area contributed by atoms with Crippen molar-refractivity contribution in [2.75, 3.05) is 0 Å². The lowest BCUT2D eigenvalue weighted by atomic mass is 10.1. The lowest BCUT2D eigenvalue weighted by molar-refractivity contribution is 0.577. The molecule has 0 saturated carbocycles. The Hall–Kier alpha value is -0.710. The zero-order chi connectivity index (χ0) is 11.4. The minimum absolute atomic E-state index is 0.344. The Morgan fingerprint density at radius 3 is 2.75 bits per heavy atom. The lowest BCUT2D eigenvalue weighted by Crippen LogP contribution is -2.17. The van der Waals surface area contributed by atoms with Crippen molar-refractivity contribution in [1.29, 1.82) is 0 Å². The number of halogens is 1. The molecule has 2 aromatic rings. The van der Waals surface area contributed by atoms with Gasteiger partial charge in [-0.05, 0) is 52.0 Å². The van der Waals surface area contributed by atoms with Crippen LogP contribution in [0, 0.1) is 0 Å². The molecule has 1 atom stereocenters. The van der Waals surface area contributed by atoms with Crippen molar-refractivity contribution in [3.8, 4) is 0 Å². The third-order valence-electron chi connectivity index (χ3n) is 2.47. The van der Waals surface area contributed by atoms with Crippen molar-refractivity contribution >= 4 is 27.3 Å². The van der Waals surface area contributed by atoms with Gasteiger partial charge in [0.15, 0.2) is 0 Å². The van der Waals surface area contributed by atoms with Gasteiger partial charge in [-0.15, -0.1) is 11.3 Å². The largest absolute Gasteiger partial charge is 0.305 e. The summed E-state index contributed by atoms with van der Waals surface area (Å²) >= 11 is 5.30. The number of rotatable bonds is 4. The Morgan fingerprint density at radius 1 is 1.38 bits per heavy atom. The Morgan fingerprint density at radius 2 is 2.12 bits per heavy atom. The Labute approximate surface area is 108 Å². The normalized spacial score (nSPS) is 12.6. The van der Waals surface area contributed by atoms with E-state index in [-0.39, 0.29) is 0 Å². The average molecular weight is 297 g/mol. The number of nitrogens with zero attached hydrogens (tertiary/aromatic N) is 1. The zero-order valence-corrected chi connectivity index (χ0v) is 11.4. The summed E-state index contributed by atoms with van der Waals surface area (Å²) in [5.74, 6) is 0. The van der Waals surface area contributed by atoms with Crippen LogP contribution in [0.25, 0.3) is 0 Å². The molecule has 2 rings (SSSR count). The fourth-order valence-electron chi connectivity index (χ4n) is 1.47. The first-order chi connectivity index (χ1) is 7.77. The standard InChI is InChI=1S/C12H13BrN2S/c1-9(10-2-5-14-6-3-10)15-8-12-11(13)4-7-16-12/h2-7,9,15H,8H2,1H3/t9-/m0/s1. The van der Waals surface area contributed by atoms with Crippen molar-refractivity contribution in [2.45, 2.75) is 19.5 Å². The fourth-order valence-corrected chi connectivity index (χ4v) is 2.91. The van der Waals surface area contributed by atoms with Gasteiger partial charge >= 0.3 is 0 Å². The first-order valence-electron chi connectivity index (χ1n) is 5.12. The monoisotopic (exact) mass is 296 g/mol. The number of nitrogens with one attached hydrogen (secondary N) is 1. The van der Waals surface area contributed by atoms with Crippen LogP contribution >= 0.6 is 27.3 Å². The summed E-state index contributed by atoms with van der Waals surface area (Å²) in [6.07, 6.45) is 3.66. The molecule has 0 amide bonds. The van der Waals surface area contributed by atoms with Crippen LogP contribution in [0.3, 0.4) is 0 Å². The Bertz CT molecular complexity index is 441. The second-order valence-corrected chi connectivity index (χ2v) is 5.43. The zero-order valence-electron chi connectivity index (χ0n) is 8.98. The van der Waals surface area contributed by atoms with Crippen LogP contribution in [0.1, 0.15) is 23.4 Å². The molecule has 0 aliphatic rings. The molecule has 2 heterocycles. The van der Waals surface area contributed by atoms with Crippen LogP contribution in [0.4, 0.5) is 0 Å². The van der Waals surface area contributed by atoms with Crippen LogP contribution < -0.4 is 5.32 Å². The first kappa shape index (κ1) is 11.8. The van der Waals surface area contributed by atoms with Gasteiger partial charge in [0.25, 0.3) is 0 Å². The smallest absolute Gasteiger partial charge is 0.0327 e. The summed E-state index contributed by atoms with van der Waals surface area (Å²) in [7, 11) is 0. The molecule has 16 heavy (non-hydrogen) atoms. The van der Waals surface area contributed by atoms with Crippen molar-refractivity contribution in [2.24, 2.45) is 0 Å². The van der Waals surface area contributed by atoms with E-state index < -0.39 is 0 Å². The summed E-state index contributed by atoms with van der Waals surface area (Å²) in [5, 5.41) is 5.59.